The quantitative estimate of drug-likeness (QED) is 0.307. The lowest BCUT2D eigenvalue weighted by atomic mass is 10.1. The molecule has 0 saturated heterocycles. The monoisotopic (exact) mass is 514 g/mol. The Labute approximate surface area is 209 Å². The minimum Gasteiger partial charge on any atom is -0.480 e. The van der Waals surface area contributed by atoms with Gasteiger partial charge in [0.25, 0.3) is 0 Å². The fourth-order valence-electron chi connectivity index (χ4n) is 4.11. The molecule has 3 aromatic heterocycles. The molecular formula is C25H22F4N6O2. The summed E-state index contributed by atoms with van der Waals surface area (Å²) in [7, 11) is 1.51. The topological polar surface area (TPSA) is 87.8 Å². The summed E-state index contributed by atoms with van der Waals surface area (Å²) in [5.41, 5.74) is 1.33. The first kappa shape index (κ1) is 24.6. The molecule has 0 radical (unpaired) electrons. The maximum atomic E-state index is 15.1. The summed E-state index contributed by atoms with van der Waals surface area (Å²) < 4.78 is 66.4. The van der Waals surface area contributed by atoms with Crippen LogP contribution in [0.3, 0.4) is 0 Å². The first-order chi connectivity index (χ1) is 17.7. The summed E-state index contributed by atoms with van der Waals surface area (Å²) in [6.07, 6.45) is 0.388. The van der Waals surface area contributed by atoms with Crippen molar-refractivity contribution < 1.29 is 27.0 Å². The van der Waals surface area contributed by atoms with Crippen molar-refractivity contribution in [1.29, 1.82) is 0 Å². The van der Waals surface area contributed by atoms with Crippen LogP contribution in [0.4, 0.5) is 17.6 Å². The third kappa shape index (κ3) is 4.95. The summed E-state index contributed by atoms with van der Waals surface area (Å²) in [4.78, 5) is 17.4. The molecule has 192 valence electrons. The molecule has 0 amide bonds. The standard InChI is InChI=1S/C25H22F4N6O2/c1-13-8-15(10-17(26)22(13)35-14(2)9-18(34-35)25(27,28)29)11-37-19-6-7-30-23(33-19)20-21(16-4-5-16)31-12-32-24(20)36-3/h6-10,12,16H,4-5,11H2,1-3H3. The Morgan fingerprint density at radius 1 is 1.08 bits per heavy atom. The molecule has 4 aromatic rings. The molecule has 12 heteroatoms. The van der Waals surface area contributed by atoms with Crippen LogP contribution < -0.4 is 9.47 Å². The van der Waals surface area contributed by atoms with Gasteiger partial charge in [0.1, 0.15) is 30.0 Å². The highest BCUT2D eigenvalue weighted by molar-refractivity contribution is 5.66. The predicted octanol–water partition coefficient (Wildman–Crippen LogP) is 5.36. The SMILES string of the molecule is COc1ncnc(C2CC2)c1-c1nccc(OCc2cc(C)c(-n3nc(C(F)(F)F)cc3C)c(F)c2)n1. The van der Waals surface area contributed by atoms with Crippen LogP contribution in [0.2, 0.25) is 0 Å². The van der Waals surface area contributed by atoms with Gasteiger partial charge in [0.05, 0.1) is 12.8 Å². The van der Waals surface area contributed by atoms with Gasteiger partial charge < -0.3 is 9.47 Å². The molecule has 8 nitrogen and oxygen atoms in total. The first-order valence-corrected chi connectivity index (χ1v) is 11.4. The number of aryl methyl sites for hydroxylation is 2. The Bertz CT molecular complexity index is 1440. The normalized spacial score (nSPS) is 13.6. The molecule has 0 N–H and O–H groups in total. The lowest BCUT2D eigenvalue weighted by Gasteiger charge is -2.13. The van der Waals surface area contributed by atoms with E-state index in [0.717, 1.165) is 29.3 Å². The van der Waals surface area contributed by atoms with Crippen LogP contribution in [0.15, 0.2) is 36.8 Å². The molecular weight excluding hydrogens is 492 g/mol. The average Bonchev–Trinajstić information content (AvgIpc) is 3.63. The molecule has 1 aliphatic carbocycles. The number of nitrogens with zero attached hydrogens (tertiary/aromatic N) is 6. The lowest BCUT2D eigenvalue weighted by molar-refractivity contribution is -0.141. The number of rotatable bonds is 7. The van der Waals surface area contributed by atoms with E-state index >= 15 is 4.39 Å². The second-order valence-electron chi connectivity index (χ2n) is 8.75. The highest BCUT2D eigenvalue weighted by Gasteiger charge is 2.35. The fourth-order valence-corrected chi connectivity index (χ4v) is 4.11. The Kier molecular flexibility index (Phi) is 6.26. The zero-order valence-electron chi connectivity index (χ0n) is 20.2. The van der Waals surface area contributed by atoms with Crippen molar-refractivity contribution in [1.82, 2.24) is 29.7 Å². The van der Waals surface area contributed by atoms with E-state index in [1.165, 1.54) is 32.6 Å². The van der Waals surface area contributed by atoms with Crippen LogP contribution in [-0.2, 0) is 12.8 Å². The fraction of sp³-hybridized carbons (Fsp3) is 0.320. The maximum Gasteiger partial charge on any atom is 0.435 e. The Hall–Kier alpha value is -4.09. The highest BCUT2D eigenvalue weighted by Crippen LogP contribution is 2.44. The number of hydrogen-bond acceptors (Lipinski definition) is 7. The number of ether oxygens (including phenoxy) is 2. The van der Waals surface area contributed by atoms with Crippen molar-refractivity contribution in [3.63, 3.8) is 0 Å². The summed E-state index contributed by atoms with van der Waals surface area (Å²) in [5, 5.41) is 3.56. The van der Waals surface area contributed by atoms with Gasteiger partial charge >= 0.3 is 6.18 Å². The second kappa shape index (κ2) is 9.41. The number of alkyl halides is 3. The van der Waals surface area contributed by atoms with Gasteiger partial charge in [-0.15, -0.1) is 0 Å². The highest BCUT2D eigenvalue weighted by atomic mass is 19.4. The van der Waals surface area contributed by atoms with E-state index in [0.29, 0.717) is 34.3 Å². The maximum absolute atomic E-state index is 15.1. The number of halogens is 4. The van der Waals surface area contributed by atoms with Crippen LogP contribution in [0.1, 0.15) is 47.0 Å². The third-order valence-corrected chi connectivity index (χ3v) is 5.94. The molecule has 0 aliphatic heterocycles. The number of hydrogen-bond donors (Lipinski definition) is 0. The second-order valence-corrected chi connectivity index (χ2v) is 8.75. The molecule has 0 unspecified atom stereocenters. The van der Waals surface area contributed by atoms with Crippen LogP contribution in [0.5, 0.6) is 11.8 Å². The van der Waals surface area contributed by atoms with Crippen molar-refractivity contribution in [3.8, 4) is 28.8 Å². The van der Waals surface area contributed by atoms with E-state index in [1.807, 2.05) is 0 Å². The Morgan fingerprint density at radius 2 is 1.86 bits per heavy atom. The van der Waals surface area contributed by atoms with E-state index in [4.69, 9.17) is 9.47 Å². The smallest absolute Gasteiger partial charge is 0.435 e. The van der Waals surface area contributed by atoms with Gasteiger partial charge in [0.2, 0.25) is 11.8 Å². The van der Waals surface area contributed by atoms with Crippen LogP contribution in [-0.4, -0.2) is 36.8 Å². The van der Waals surface area contributed by atoms with Crippen molar-refractivity contribution in [2.75, 3.05) is 7.11 Å². The molecule has 1 aromatic carbocycles. The van der Waals surface area contributed by atoms with E-state index < -0.39 is 17.7 Å². The molecule has 1 fully saturated rings. The van der Waals surface area contributed by atoms with Crippen molar-refractivity contribution >= 4 is 0 Å². The molecule has 37 heavy (non-hydrogen) atoms. The summed E-state index contributed by atoms with van der Waals surface area (Å²) in [6, 6.07) is 5.29. The van der Waals surface area contributed by atoms with E-state index in [9.17, 15) is 13.2 Å². The van der Waals surface area contributed by atoms with Gasteiger partial charge in [-0.05, 0) is 49.9 Å². The number of methoxy groups -OCH3 is 1. The van der Waals surface area contributed by atoms with Crippen molar-refractivity contribution in [2.45, 2.75) is 45.4 Å². The van der Waals surface area contributed by atoms with Crippen LogP contribution >= 0.6 is 0 Å². The Morgan fingerprint density at radius 3 is 2.51 bits per heavy atom. The zero-order chi connectivity index (χ0) is 26.3. The van der Waals surface area contributed by atoms with Crippen molar-refractivity contribution in [3.05, 3.63) is 70.8 Å². The first-order valence-electron chi connectivity index (χ1n) is 11.4. The third-order valence-electron chi connectivity index (χ3n) is 5.94. The molecule has 0 bridgehead atoms. The van der Waals surface area contributed by atoms with E-state index in [-0.39, 0.29) is 23.9 Å². The molecule has 1 aliphatic rings. The van der Waals surface area contributed by atoms with Gasteiger partial charge in [-0.2, -0.15) is 23.3 Å². The summed E-state index contributed by atoms with van der Waals surface area (Å²) in [6.45, 7) is 3.00. The minimum atomic E-state index is -4.63. The summed E-state index contributed by atoms with van der Waals surface area (Å²) >= 11 is 0. The van der Waals surface area contributed by atoms with E-state index in [1.54, 1.807) is 19.1 Å². The van der Waals surface area contributed by atoms with Gasteiger partial charge in [-0.25, -0.2) is 24.0 Å². The molecule has 1 saturated carbocycles. The van der Waals surface area contributed by atoms with Crippen LogP contribution in [0, 0.1) is 19.7 Å². The number of aromatic nitrogens is 6. The van der Waals surface area contributed by atoms with Crippen molar-refractivity contribution in [2.24, 2.45) is 0 Å². The summed E-state index contributed by atoms with van der Waals surface area (Å²) in [5.74, 6) is 0.545. The molecule has 3 heterocycles. The minimum absolute atomic E-state index is 0.0295. The van der Waals surface area contributed by atoms with E-state index in [2.05, 4.69) is 25.0 Å². The largest absolute Gasteiger partial charge is 0.480 e. The number of benzene rings is 1. The van der Waals surface area contributed by atoms with Crippen LogP contribution in [0.25, 0.3) is 17.1 Å². The lowest BCUT2D eigenvalue weighted by Crippen LogP contribution is -2.10. The van der Waals surface area contributed by atoms with Gasteiger partial charge in [0, 0.05) is 23.9 Å². The van der Waals surface area contributed by atoms with Gasteiger partial charge in [0.15, 0.2) is 11.5 Å². The molecule has 5 rings (SSSR count). The molecule has 0 atom stereocenters. The Balaban J connectivity index is 1.39. The average molecular weight is 514 g/mol. The zero-order valence-corrected chi connectivity index (χ0v) is 20.2. The predicted molar refractivity (Wildman–Crippen MR) is 124 cm³/mol. The van der Waals surface area contributed by atoms with Gasteiger partial charge in [-0.3, -0.25) is 0 Å². The molecule has 0 spiro atoms. The van der Waals surface area contributed by atoms with Gasteiger partial charge in [-0.1, -0.05) is 6.07 Å².